The van der Waals surface area contributed by atoms with E-state index in [1.54, 1.807) is 30.4 Å². The first kappa shape index (κ1) is 18.7. The van der Waals surface area contributed by atoms with Crippen molar-refractivity contribution in [1.82, 2.24) is 0 Å². The lowest BCUT2D eigenvalue weighted by Gasteiger charge is -2.19. The molecule has 0 aromatic heterocycles. The largest absolute Gasteiger partial charge is 0.772 e. The average Bonchev–Trinajstić information content (AvgIpc) is 2.60. The van der Waals surface area contributed by atoms with E-state index >= 15 is 0 Å². The van der Waals surface area contributed by atoms with E-state index < -0.39 is 22.3 Å². The van der Waals surface area contributed by atoms with Gasteiger partial charge in [-0.2, -0.15) is 0 Å². The molecular weight excluding hydrogens is 342 g/mol. The van der Waals surface area contributed by atoms with Crippen molar-refractivity contribution in [2.75, 3.05) is 19.0 Å². The van der Waals surface area contributed by atoms with Gasteiger partial charge in [-0.15, -0.1) is 0 Å². The molecule has 0 amide bonds. The highest BCUT2D eigenvalue weighted by Gasteiger charge is 2.13. The van der Waals surface area contributed by atoms with Crippen LogP contribution in [0.1, 0.15) is 16.4 Å². The molecule has 132 valence electrons. The van der Waals surface area contributed by atoms with E-state index in [0.29, 0.717) is 17.0 Å². The molecule has 0 bridgehead atoms. The number of ether oxygens (including phenoxy) is 1. The van der Waals surface area contributed by atoms with Crippen LogP contribution in [0.5, 0.6) is 5.75 Å². The lowest BCUT2D eigenvalue weighted by molar-refractivity contribution is -0.134. The molecule has 2 unspecified atom stereocenters. The summed E-state index contributed by atoms with van der Waals surface area (Å²) < 4.78 is 28.5. The standard InChI is InChI=1S/C18H19NO5S/c1-24-16-9-8-14(11-15(16)19-12-18(20)21)17(25(22)23)10-7-13-5-3-2-4-6-13/h2-11,17,19H,12H2,1H3,(H,20,21)(H,22,23)/p-1. The molecule has 0 heterocycles. The highest BCUT2D eigenvalue weighted by atomic mass is 32.2. The van der Waals surface area contributed by atoms with Crippen molar-refractivity contribution in [3.63, 3.8) is 0 Å². The molecule has 2 aromatic rings. The number of carboxylic acid groups (broad SMARTS) is 1. The zero-order valence-electron chi connectivity index (χ0n) is 13.5. The normalized spacial score (nSPS) is 13.4. The van der Waals surface area contributed by atoms with Crippen molar-refractivity contribution >= 4 is 28.8 Å². The van der Waals surface area contributed by atoms with Gasteiger partial charge in [0.2, 0.25) is 0 Å². The molecule has 2 rings (SSSR count). The summed E-state index contributed by atoms with van der Waals surface area (Å²) >= 11 is -2.38. The minimum absolute atomic E-state index is 0.301. The highest BCUT2D eigenvalue weighted by Crippen LogP contribution is 2.30. The van der Waals surface area contributed by atoms with Crippen molar-refractivity contribution in [2.24, 2.45) is 0 Å². The summed E-state index contributed by atoms with van der Waals surface area (Å²) in [6.07, 6.45) is 3.32. The minimum Gasteiger partial charge on any atom is -0.772 e. The molecule has 0 aliphatic heterocycles. The smallest absolute Gasteiger partial charge is 0.322 e. The van der Waals surface area contributed by atoms with Crippen LogP contribution < -0.4 is 10.1 Å². The number of hydrogen-bond donors (Lipinski definition) is 2. The Labute approximate surface area is 148 Å². The first-order valence-electron chi connectivity index (χ1n) is 7.46. The monoisotopic (exact) mass is 360 g/mol. The second-order valence-electron chi connectivity index (χ2n) is 5.16. The molecule has 0 saturated carbocycles. The van der Waals surface area contributed by atoms with Crippen molar-refractivity contribution < 1.29 is 23.4 Å². The number of anilines is 1. The summed E-state index contributed by atoms with van der Waals surface area (Å²) in [6, 6.07) is 14.2. The topological polar surface area (TPSA) is 98.7 Å². The number of benzene rings is 2. The third-order valence-corrected chi connectivity index (χ3v) is 4.30. The number of aliphatic carboxylic acids is 1. The van der Waals surface area contributed by atoms with Crippen LogP contribution in [0.2, 0.25) is 0 Å². The van der Waals surface area contributed by atoms with E-state index in [0.717, 1.165) is 5.56 Å². The van der Waals surface area contributed by atoms with E-state index in [1.807, 2.05) is 30.3 Å². The van der Waals surface area contributed by atoms with Crippen LogP contribution in [0.25, 0.3) is 6.08 Å². The second kappa shape index (κ2) is 9.00. The maximum atomic E-state index is 11.7. The van der Waals surface area contributed by atoms with Gasteiger partial charge in [-0.3, -0.25) is 9.00 Å². The molecule has 7 heteroatoms. The predicted molar refractivity (Wildman–Crippen MR) is 96.3 cm³/mol. The third kappa shape index (κ3) is 5.44. The van der Waals surface area contributed by atoms with Crippen molar-refractivity contribution in [3.05, 3.63) is 65.7 Å². The predicted octanol–water partition coefficient (Wildman–Crippen LogP) is 2.83. The Bertz CT molecular complexity index is 776. The number of methoxy groups -OCH3 is 1. The van der Waals surface area contributed by atoms with Gasteiger partial charge in [0.1, 0.15) is 12.3 Å². The van der Waals surface area contributed by atoms with Crippen LogP contribution in [0.4, 0.5) is 5.69 Å². The molecule has 0 aliphatic rings. The summed E-state index contributed by atoms with van der Waals surface area (Å²) in [6.45, 7) is -0.301. The molecule has 2 aromatic carbocycles. The maximum absolute atomic E-state index is 11.7. The molecule has 0 fully saturated rings. The van der Waals surface area contributed by atoms with Gasteiger partial charge in [-0.1, -0.05) is 48.6 Å². The van der Waals surface area contributed by atoms with Gasteiger partial charge in [0.15, 0.2) is 0 Å². The number of hydrogen-bond acceptors (Lipinski definition) is 5. The Morgan fingerprint density at radius 1 is 1.32 bits per heavy atom. The summed E-state index contributed by atoms with van der Waals surface area (Å²) in [5.41, 5.74) is 1.82. The van der Waals surface area contributed by atoms with Gasteiger partial charge in [0.25, 0.3) is 0 Å². The fourth-order valence-corrected chi connectivity index (χ4v) is 2.84. The van der Waals surface area contributed by atoms with E-state index in [4.69, 9.17) is 9.84 Å². The Balaban J connectivity index is 2.31. The van der Waals surface area contributed by atoms with Gasteiger partial charge >= 0.3 is 5.97 Å². The van der Waals surface area contributed by atoms with Crippen LogP contribution in [0.15, 0.2) is 54.6 Å². The molecular formula is C18H18NO5S-. The minimum atomic E-state index is -2.38. The van der Waals surface area contributed by atoms with Crippen LogP contribution in [0.3, 0.4) is 0 Å². The van der Waals surface area contributed by atoms with E-state index in [1.165, 1.54) is 7.11 Å². The summed E-state index contributed by atoms with van der Waals surface area (Å²) in [5, 5.41) is 10.7. The van der Waals surface area contributed by atoms with Gasteiger partial charge in [0, 0.05) is 0 Å². The van der Waals surface area contributed by atoms with E-state index in [-0.39, 0.29) is 6.54 Å². The molecule has 0 spiro atoms. The van der Waals surface area contributed by atoms with Crippen LogP contribution in [-0.2, 0) is 15.9 Å². The number of carbonyl (C=O) groups is 1. The summed E-state index contributed by atoms with van der Waals surface area (Å²) in [5.74, 6) is -0.590. The Hall–Kier alpha value is -2.64. The van der Waals surface area contributed by atoms with E-state index in [9.17, 15) is 13.6 Å². The number of carboxylic acids is 1. The summed E-state index contributed by atoms with van der Waals surface area (Å²) in [7, 11) is 1.46. The molecule has 25 heavy (non-hydrogen) atoms. The Kier molecular flexibility index (Phi) is 6.73. The van der Waals surface area contributed by atoms with Crippen molar-refractivity contribution in [2.45, 2.75) is 5.25 Å². The molecule has 0 radical (unpaired) electrons. The van der Waals surface area contributed by atoms with Gasteiger partial charge in [0.05, 0.1) is 18.0 Å². The van der Waals surface area contributed by atoms with Crippen molar-refractivity contribution in [3.8, 4) is 5.75 Å². The SMILES string of the molecule is COc1ccc(C(C=Cc2ccccc2)S(=O)[O-])cc1NCC(=O)O. The Morgan fingerprint density at radius 3 is 2.64 bits per heavy atom. The Morgan fingerprint density at radius 2 is 2.04 bits per heavy atom. The molecule has 0 aliphatic carbocycles. The number of nitrogens with one attached hydrogen (secondary N) is 1. The van der Waals surface area contributed by atoms with Crippen LogP contribution >= 0.6 is 0 Å². The molecule has 2 N–H and O–H groups in total. The average molecular weight is 360 g/mol. The van der Waals surface area contributed by atoms with Gasteiger partial charge in [-0.05, 0) is 34.3 Å². The lowest BCUT2D eigenvalue weighted by Crippen LogP contribution is -2.13. The first-order valence-corrected chi connectivity index (χ1v) is 8.60. The molecule has 6 nitrogen and oxygen atoms in total. The van der Waals surface area contributed by atoms with Gasteiger partial charge in [-0.25, -0.2) is 0 Å². The van der Waals surface area contributed by atoms with Crippen LogP contribution in [0, 0.1) is 0 Å². The van der Waals surface area contributed by atoms with Gasteiger partial charge < -0.3 is 19.7 Å². The van der Waals surface area contributed by atoms with E-state index in [2.05, 4.69) is 5.32 Å². The third-order valence-electron chi connectivity index (χ3n) is 3.45. The fourth-order valence-electron chi connectivity index (χ4n) is 2.26. The van der Waals surface area contributed by atoms with Crippen molar-refractivity contribution in [1.29, 1.82) is 0 Å². The second-order valence-corrected chi connectivity index (χ2v) is 6.19. The maximum Gasteiger partial charge on any atom is 0.322 e. The summed E-state index contributed by atoms with van der Waals surface area (Å²) in [4.78, 5) is 10.7. The zero-order chi connectivity index (χ0) is 18.2. The highest BCUT2D eigenvalue weighted by molar-refractivity contribution is 7.79. The number of rotatable bonds is 8. The molecule has 2 atom stereocenters. The molecule has 0 saturated heterocycles. The fraction of sp³-hybridized carbons (Fsp3) is 0.167. The van der Waals surface area contributed by atoms with Crippen LogP contribution in [-0.4, -0.2) is 33.5 Å². The zero-order valence-corrected chi connectivity index (χ0v) is 14.4. The lowest BCUT2D eigenvalue weighted by atomic mass is 10.1. The quantitative estimate of drug-likeness (QED) is 0.703. The first-order chi connectivity index (χ1) is 12.0.